The number of aliphatic hydroxyl groups excluding tert-OH is 1. The van der Waals surface area contributed by atoms with Crippen molar-refractivity contribution in [3.05, 3.63) is 30.2 Å². The number of aliphatic hydroxyl groups is 1. The molecule has 0 amide bonds. The normalized spacial score (nSPS) is 22.2. The Morgan fingerprint density at radius 3 is 2.91 bits per heavy atom. The predicted octanol–water partition coefficient (Wildman–Crippen LogP) is 2.10. The summed E-state index contributed by atoms with van der Waals surface area (Å²) in [5.41, 5.74) is 1.79. The summed E-state index contributed by atoms with van der Waals surface area (Å²) in [7, 11) is 0. The predicted molar refractivity (Wildman–Crippen MR) is 86.6 cm³/mol. The van der Waals surface area contributed by atoms with Crippen LogP contribution in [0, 0.1) is 0 Å². The van der Waals surface area contributed by atoms with Gasteiger partial charge in [-0.05, 0) is 25.5 Å². The van der Waals surface area contributed by atoms with E-state index in [4.69, 9.17) is 4.42 Å². The summed E-state index contributed by atoms with van der Waals surface area (Å²) in [5, 5.41) is 9.62. The lowest BCUT2D eigenvalue weighted by Gasteiger charge is -2.41. The standard InChI is InChI=1S/C17H25N3O2/c1-3-14-11-19(8-9-20(14)10-13(2)21)12-17-18-15-6-4-5-7-16(15)22-17/h4-7,13-14,21H,3,8-12H2,1-2H3/t13-,14-/m1/s1. The zero-order valence-corrected chi connectivity index (χ0v) is 13.4. The van der Waals surface area contributed by atoms with Gasteiger partial charge in [-0.1, -0.05) is 19.1 Å². The van der Waals surface area contributed by atoms with Crippen LogP contribution in [0.5, 0.6) is 0 Å². The number of fused-ring (bicyclic) bond motifs is 1. The zero-order chi connectivity index (χ0) is 15.5. The summed E-state index contributed by atoms with van der Waals surface area (Å²) >= 11 is 0. The number of rotatable bonds is 5. The minimum Gasteiger partial charge on any atom is -0.439 e. The molecule has 0 bridgehead atoms. The van der Waals surface area contributed by atoms with Crippen molar-refractivity contribution in [1.29, 1.82) is 0 Å². The fourth-order valence-electron chi connectivity index (χ4n) is 3.25. The average Bonchev–Trinajstić information content (AvgIpc) is 2.90. The number of piperazine rings is 1. The molecule has 0 radical (unpaired) electrons. The molecule has 1 N–H and O–H groups in total. The van der Waals surface area contributed by atoms with Crippen LogP contribution in [0.4, 0.5) is 0 Å². The lowest BCUT2D eigenvalue weighted by atomic mass is 10.1. The maximum absolute atomic E-state index is 9.62. The van der Waals surface area contributed by atoms with Crippen molar-refractivity contribution in [3.63, 3.8) is 0 Å². The molecule has 5 heteroatoms. The average molecular weight is 303 g/mol. The minimum atomic E-state index is -0.266. The Bertz CT molecular complexity index is 578. The fraction of sp³-hybridized carbons (Fsp3) is 0.588. The Morgan fingerprint density at radius 2 is 2.18 bits per heavy atom. The first-order chi connectivity index (χ1) is 10.7. The Morgan fingerprint density at radius 1 is 1.36 bits per heavy atom. The van der Waals surface area contributed by atoms with E-state index >= 15 is 0 Å². The summed E-state index contributed by atoms with van der Waals surface area (Å²) in [4.78, 5) is 9.36. The molecule has 1 saturated heterocycles. The van der Waals surface area contributed by atoms with Crippen molar-refractivity contribution < 1.29 is 9.52 Å². The van der Waals surface area contributed by atoms with Crippen LogP contribution in [-0.2, 0) is 6.54 Å². The van der Waals surface area contributed by atoms with E-state index < -0.39 is 0 Å². The van der Waals surface area contributed by atoms with Gasteiger partial charge in [-0.2, -0.15) is 0 Å². The number of para-hydroxylation sites is 2. The van der Waals surface area contributed by atoms with E-state index in [9.17, 15) is 5.11 Å². The molecule has 2 heterocycles. The van der Waals surface area contributed by atoms with Gasteiger partial charge in [0.1, 0.15) is 5.52 Å². The molecule has 2 aromatic rings. The maximum Gasteiger partial charge on any atom is 0.209 e. The Labute approximate surface area is 131 Å². The Hall–Kier alpha value is -1.43. The molecule has 1 aromatic carbocycles. The molecule has 2 atom stereocenters. The van der Waals surface area contributed by atoms with Crippen LogP contribution in [0.25, 0.3) is 11.1 Å². The molecular formula is C17H25N3O2. The topological polar surface area (TPSA) is 52.7 Å². The van der Waals surface area contributed by atoms with Crippen LogP contribution >= 0.6 is 0 Å². The molecule has 3 rings (SSSR count). The highest BCUT2D eigenvalue weighted by atomic mass is 16.3. The van der Waals surface area contributed by atoms with E-state index in [0.717, 1.165) is 56.1 Å². The number of aromatic nitrogens is 1. The van der Waals surface area contributed by atoms with Crippen LogP contribution in [0.15, 0.2) is 28.7 Å². The Balaban J connectivity index is 1.64. The second-order valence-corrected chi connectivity index (χ2v) is 6.22. The largest absolute Gasteiger partial charge is 0.439 e. The van der Waals surface area contributed by atoms with E-state index in [1.165, 1.54) is 0 Å². The van der Waals surface area contributed by atoms with Gasteiger partial charge in [0.15, 0.2) is 5.58 Å². The van der Waals surface area contributed by atoms with E-state index in [1.54, 1.807) is 0 Å². The van der Waals surface area contributed by atoms with Crippen molar-refractivity contribution >= 4 is 11.1 Å². The highest BCUT2D eigenvalue weighted by molar-refractivity contribution is 5.72. The van der Waals surface area contributed by atoms with Crippen LogP contribution in [0.3, 0.4) is 0 Å². The van der Waals surface area contributed by atoms with Crippen LogP contribution in [0.2, 0.25) is 0 Å². The summed E-state index contributed by atoms with van der Waals surface area (Å²) in [6, 6.07) is 8.39. The zero-order valence-electron chi connectivity index (χ0n) is 13.4. The summed E-state index contributed by atoms with van der Waals surface area (Å²) in [5.74, 6) is 0.792. The van der Waals surface area contributed by atoms with Crippen molar-refractivity contribution in [3.8, 4) is 0 Å². The molecule has 1 aliphatic heterocycles. The molecule has 0 aliphatic carbocycles. The van der Waals surface area contributed by atoms with Crippen molar-refractivity contribution in [2.24, 2.45) is 0 Å². The fourth-order valence-corrected chi connectivity index (χ4v) is 3.25. The summed E-state index contributed by atoms with van der Waals surface area (Å²) in [6.45, 7) is 8.57. The third-order valence-electron chi connectivity index (χ3n) is 4.36. The molecule has 1 aliphatic rings. The lowest BCUT2D eigenvalue weighted by Crippen LogP contribution is -2.54. The second kappa shape index (κ2) is 6.77. The van der Waals surface area contributed by atoms with Crippen LogP contribution in [-0.4, -0.2) is 58.2 Å². The number of hydrogen-bond donors (Lipinski definition) is 1. The van der Waals surface area contributed by atoms with Crippen molar-refractivity contribution in [1.82, 2.24) is 14.8 Å². The van der Waals surface area contributed by atoms with E-state index in [2.05, 4.69) is 21.7 Å². The lowest BCUT2D eigenvalue weighted by molar-refractivity contribution is 0.0311. The molecule has 1 aromatic heterocycles. The Kier molecular flexibility index (Phi) is 4.76. The highest BCUT2D eigenvalue weighted by Crippen LogP contribution is 2.19. The van der Waals surface area contributed by atoms with Gasteiger partial charge < -0.3 is 9.52 Å². The monoisotopic (exact) mass is 303 g/mol. The van der Waals surface area contributed by atoms with Gasteiger partial charge in [-0.15, -0.1) is 0 Å². The number of nitrogens with zero attached hydrogens (tertiary/aromatic N) is 3. The number of hydrogen-bond acceptors (Lipinski definition) is 5. The van der Waals surface area contributed by atoms with Gasteiger partial charge in [-0.25, -0.2) is 4.98 Å². The first-order valence-electron chi connectivity index (χ1n) is 8.14. The molecule has 0 unspecified atom stereocenters. The maximum atomic E-state index is 9.62. The van der Waals surface area contributed by atoms with Gasteiger partial charge in [0.25, 0.3) is 0 Å². The highest BCUT2D eigenvalue weighted by Gasteiger charge is 2.27. The van der Waals surface area contributed by atoms with Crippen LogP contribution < -0.4 is 0 Å². The third kappa shape index (κ3) is 3.48. The van der Waals surface area contributed by atoms with Gasteiger partial charge in [-0.3, -0.25) is 9.80 Å². The summed E-state index contributed by atoms with van der Waals surface area (Å²) < 4.78 is 5.82. The molecule has 1 fully saturated rings. The molecule has 22 heavy (non-hydrogen) atoms. The van der Waals surface area contributed by atoms with Crippen LogP contribution in [0.1, 0.15) is 26.2 Å². The smallest absolute Gasteiger partial charge is 0.209 e. The second-order valence-electron chi connectivity index (χ2n) is 6.22. The molecular weight excluding hydrogens is 278 g/mol. The van der Waals surface area contributed by atoms with Crippen molar-refractivity contribution in [2.75, 3.05) is 26.2 Å². The third-order valence-corrected chi connectivity index (χ3v) is 4.36. The van der Waals surface area contributed by atoms with E-state index in [1.807, 2.05) is 31.2 Å². The molecule has 0 spiro atoms. The SMILES string of the molecule is CC[C@@H]1CN(Cc2nc3ccccc3o2)CCN1C[C@@H](C)O. The van der Waals surface area contributed by atoms with Gasteiger partial charge in [0, 0.05) is 32.2 Å². The molecule has 120 valence electrons. The quantitative estimate of drug-likeness (QED) is 0.917. The molecule has 0 saturated carbocycles. The first-order valence-corrected chi connectivity index (χ1v) is 8.14. The van der Waals surface area contributed by atoms with Gasteiger partial charge in [0.05, 0.1) is 12.6 Å². The van der Waals surface area contributed by atoms with Gasteiger partial charge >= 0.3 is 0 Å². The minimum absolute atomic E-state index is 0.266. The van der Waals surface area contributed by atoms with Gasteiger partial charge in [0.2, 0.25) is 5.89 Å². The number of benzene rings is 1. The van der Waals surface area contributed by atoms with E-state index in [0.29, 0.717) is 6.04 Å². The number of oxazole rings is 1. The number of β-amino-alcohol motifs (C(OH)–C–C–N with tert-alkyl or cyclic N) is 1. The van der Waals surface area contributed by atoms with Crippen molar-refractivity contribution in [2.45, 2.75) is 39.0 Å². The first kappa shape index (κ1) is 15.5. The summed E-state index contributed by atoms with van der Waals surface area (Å²) in [6.07, 6.45) is 0.828. The van der Waals surface area contributed by atoms with E-state index in [-0.39, 0.29) is 6.10 Å². The molecule has 5 nitrogen and oxygen atoms in total.